The molecular weight excluding hydrogens is 348 g/mol. The van der Waals surface area contributed by atoms with Crippen LogP contribution in [0.1, 0.15) is 0 Å². The fraction of sp³-hybridized carbons (Fsp3) is 0.714. The Labute approximate surface area is 152 Å². The van der Waals surface area contributed by atoms with E-state index in [2.05, 4.69) is 21.3 Å². The van der Waals surface area contributed by atoms with Crippen LogP contribution in [-0.2, 0) is 19.2 Å². The molecule has 4 amide bonds. The number of hydroxylamine groups is 6. The van der Waals surface area contributed by atoms with Crippen molar-refractivity contribution in [1.29, 1.82) is 0 Å². The van der Waals surface area contributed by atoms with E-state index in [9.17, 15) is 29.6 Å². The van der Waals surface area contributed by atoms with Crippen molar-refractivity contribution in [2.75, 3.05) is 67.5 Å². The van der Waals surface area contributed by atoms with E-state index in [0.29, 0.717) is 0 Å². The summed E-state index contributed by atoms with van der Waals surface area (Å²) in [5.41, 5.74) is 0. The van der Waals surface area contributed by atoms with Crippen molar-refractivity contribution in [2.24, 2.45) is 0 Å². The summed E-state index contributed by atoms with van der Waals surface area (Å²) in [4.78, 5) is 46.6. The number of carbonyl (C=O) groups is 4. The first-order chi connectivity index (χ1) is 12.0. The van der Waals surface area contributed by atoms with Crippen molar-refractivity contribution in [1.82, 2.24) is 21.3 Å². The van der Waals surface area contributed by atoms with Gasteiger partial charge in [-0.15, -0.1) is 0 Å². The summed E-state index contributed by atoms with van der Waals surface area (Å²) in [6.45, 7) is -2.20. The number of hydrogen-bond acceptors (Lipinski definition) is 6. The van der Waals surface area contributed by atoms with Crippen LogP contribution in [-0.4, -0.2) is 111 Å². The number of rotatable bonds is 11. The van der Waals surface area contributed by atoms with Crippen LogP contribution in [0.25, 0.3) is 0 Å². The molecule has 0 saturated carbocycles. The van der Waals surface area contributed by atoms with Crippen LogP contribution in [0.3, 0.4) is 0 Å². The van der Waals surface area contributed by atoms with Gasteiger partial charge >= 0.3 is 0 Å². The predicted molar refractivity (Wildman–Crippen MR) is 89.6 cm³/mol. The Morgan fingerprint density at radius 1 is 0.577 bits per heavy atom. The summed E-state index contributed by atoms with van der Waals surface area (Å²) in [6, 6.07) is 0. The van der Waals surface area contributed by atoms with E-state index in [1.54, 1.807) is 0 Å². The SMILES string of the molecule is CNC(=O)C[N+](O)(CC[N+](O)(CC(=O)NC)CC(=O)NC)CC(=O)NC. The Kier molecular flexibility index (Phi) is 9.72. The van der Waals surface area contributed by atoms with Crippen molar-refractivity contribution in [3.63, 3.8) is 0 Å². The van der Waals surface area contributed by atoms with E-state index in [1.807, 2.05) is 0 Å². The van der Waals surface area contributed by atoms with Crippen molar-refractivity contribution in [3.8, 4) is 0 Å². The summed E-state index contributed by atoms with van der Waals surface area (Å²) in [7, 11) is 5.54. The minimum Gasteiger partial charge on any atom is -0.354 e. The average molecular weight is 378 g/mol. The fourth-order valence-electron chi connectivity index (χ4n) is 2.19. The number of quaternary nitrogens is 2. The highest BCUT2D eigenvalue weighted by Crippen LogP contribution is 2.08. The Balaban J connectivity index is 5.34. The quantitative estimate of drug-likeness (QED) is 0.161. The van der Waals surface area contributed by atoms with Gasteiger partial charge in [-0.25, -0.2) is 10.4 Å². The number of likely N-dealkylation sites (N-methyl/N-ethyl adjacent to an activating group) is 4. The van der Waals surface area contributed by atoms with Crippen LogP contribution in [0.4, 0.5) is 0 Å². The van der Waals surface area contributed by atoms with E-state index in [0.717, 1.165) is 0 Å². The van der Waals surface area contributed by atoms with Crippen LogP contribution in [0.15, 0.2) is 0 Å². The topological polar surface area (TPSA) is 157 Å². The minimum absolute atomic E-state index is 0.245. The number of hydrogen-bond donors (Lipinski definition) is 6. The normalized spacial score (nSPS) is 11.5. The molecule has 0 aliphatic carbocycles. The van der Waals surface area contributed by atoms with E-state index in [-0.39, 0.29) is 13.1 Å². The van der Waals surface area contributed by atoms with Gasteiger partial charge in [-0.2, -0.15) is 9.29 Å². The third-order valence-electron chi connectivity index (χ3n) is 3.80. The van der Waals surface area contributed by atoms with Gasteiger partial charge in [0, 0.05) is 28.2 Å². The largest absolute Gasteiger partial charge is 0.354 e. The van der Waals surface area contributed by atoms with Gasteiger partial charge in [0.05, 0.1) is 0 Å². The van der Waals surface area contributed by atoms with Crippen LogP contribution in [0.5, 0.6) is 0 Å². The van der Waals surface area contributed by atoms with Crippen LogP contribution in [0, 0.1) is 0 Å². The Morgan fingerprint density at radius 3 is 0.923 bits per heavy atom. The highest BCUT2D eigenvalue weighted by molar-refractivity contribution is 5.79. The molecule has 26 heavy (non-hydrogen) atoms. The fourth-order valence-corrected chi connectivity index (χ4v) is 2.19. The lowest BCUT2D eigenvalue weighted by Gasteiger charge is -2.33. The van der Waals surface area contributed by atoms with Crippen molar-refractivity contribution < 1.29 is 38.9 Å². The standard InChI is InChI=1S/C14H28N6O6/c1-15-11(21)7-19(25,8-12(22)16-2)5-6-20(26,9-13(23)17-3)10-14(24)18-4/h25-26H,5-10H2,1-4H3,(H2-2,15,16,17,18,21,22,23,24)/p+2. The van der Waals surface area contributed by atoms with E-state index < -0.39 is 59.1 Å². The maximum Gasteiger partial charge on any atom is 0.278 e. The molecule has 0 spiro atoms. The van der Waals surface area contributed by atoms with Crippen LogP contribution < -0.4 is 21.3 Å². The first-order valence-electron chi connectivity index (χ1n) is 8.03. The van der Waals surface area contributed by atoms with Gasteiger partial charge in [0.2, 0.25) is 0 Å². The highest BCUT2D eigenvalue weighted by Gasteiger charge is 2.39. The summed E-state index contributed by atoms with van der Waals surface area (Å²) in [5, 5.41) is 30.7. The lowest BCUT2D eigenvalue weighted by atomic mass is 10.3. The molecule has 0 aliphatic heterocycles. The van der Waals surface area contributed by atoms with Gasteiger partial charge in [-0.05, 0) is 0 Å². The lowest BCUT2D eigenvalue weighted by molar-refractivity contribution is -1.14. The number of carbonyl (C=O) groups excluding carboxylic acids is 4. The molecule has 0 aromatic rings. The summed E-state index contributed by atoms with van der Waals surface area (Å²) in [5.74, 6) is -2.04. The molecule has 0 radical (unpaired) electrons. The second kappa shape index (κ2) is 10.7. The van der Waals surface area contributed by atoms with E-state index >= 15 is 0 Å². The van der Waals surface area contributed by atoms with Crippen molar-refractivity contribution in [3.05, 3.63) is 0 Å². The third-order valence-corrected chi connectivity index (χ3v) is 3.80. The molecule has 12 nitrogen and oxygen atoms in total. The Bertz CT molecular complexity index is 444. The molecule has 6 N–H and O–H groups in total. The average Bonchev–Trinajstić information content (AvgIpc) is 2.59. The van der Waals surface area contributed by atoms with E-state index in [4.69, 9.17) is 0 Å². The van der Waals surface area contributed by atoms with Gasteiger partial charge in [0.15, 0.2) is 39.3 Å². The molecular formula is C14H30N6O6+2. The van der Waals surface area contributed by atoms with Gasteiger partial charge in [-0.3, -0.25) is 19.2 Å². The summed E-state index contributed by atoms with van der Waals surface area (Å²) < 4.78 is -1.97. The molecule has 0 saturated heterocycles. The molecule has 0 bridgehead atoms. The first-order valence-corrected chi connectivity index (χ1v) is 8.03. The van der Waals surface area contributed by atoms with Gasteiger partial charge < -0.3 is 21.3 Å². The monoisotopic (exact) mass is 378 g/mol. The molecule has 0 unspecified atom stereocenters. The van der Waals surface area contributed by atoms with Crippen molar-refractivity contribution in [2.45, 2.75) is 0 Å². The number of nitrogens with zero attached hydrogens (tertiary/aromatic N) is 2. The van der Waals surface area contributed by atoms with Crippen molar-refractivity contribution >= 4 is 23.6 Å². The first kappa shape index (κ1) is 23.7. The molecule has 0 heterocycles. The van der Waals surface area contributed by atoms with Crippen LogP contribution >= 0.6 is 0 Å². The Hall–Kier alpha value is -2.28. The second-order valence-electron chi connectivity index (χ2n) is 5.96. The third kappa shape index (κ3) is 8.71. The summed E-state index contributed by atoms with van der Waals surface area (Å²) in [6.07, 6.45) is 0. The molecule has 0 rings (SSSR count). The van der Waals surface area contributed by atoms with Gasteiger partial charge in [0.25, 0.3) is 23.6 Å². The van der Waals surface area contributed by atoms with E-state index in [1.165, 1.54) is 28.2 Å². The molecule has 0 atom stereocenters. The zero-order chi connectivity index (χ0) is 20.4. The zero-order valence-electron chi connectivity index (χ0n) is 15.7. The maximum absolute atomic E-state index is 11.7. The van der Waals surface area contributed by atoms with Gasteiger partial charge in [0.1, 0.15) is 0 Å². The zero-order valence-corrected chi connectivity index (χ0v) is 15.7. The molecule has 0 aromatic carbocycles. The molecule has 0 fully saturated rings. The number of amides is 4. The molecule has 0 aliphatic rings. The molecule has 150 valence electrons. The smallest absolute Gasteiger partial charge is 0.278 e. The molecule has 12 heteroatoms. The molecule has 0 aromatic heterocycles. The van der Waals surface area contributed by atoms with Crippen LogP contribution in [0.2, 0.25) is 0 Å². The van der Waals surface area contributed by atoms with Gasteiger partial charge in [-0.1, -0.05) is 0 Å². The lowest BCUT2D eigenvalue weighted by Crippen LogP contribution is -2.62. The predicted octanol–water partition coefficient (Wildman–Crippen LogP) is -3.62. The minimum atomic E-state index is -0.985. The Morgan fingerprint density at radius 2 is 0.769 bits per heavy atom. The number of nitrogens with one attached hydrogen (secondary N) is 4. The highest BCUT2D eigenvalue weighted by atomic mass is 16.6. The second-order valence-corrected chi connectivity index (χ2v) is 5.96. The summed E-state index contributed by atoms with van der Waals surface area (Å²) >= 11 is 0. The maximum atomic E-state index is 11.7.